The average molecular weight is 309 g/mol. The first-order chi connectivity index (χ1) is 9.38. The largest absolute Gasteiger partial charge is 0.598 e. The summed E-state index contributed by atoms with van der Waals surface area (Å²) in [4.78, 5) is 9.59. The van der Waals surface area contributed by atoms with Crippen LogP contribution in [-0.2, 0) is 11.4 Å². The van der Waals surface area contributed by atoms with Crippen LogP contribution >= 0.6 is 11.3 Å². The van der Waals surface area contributed by atoms with Gasteiger partial charge in [0, 0.05) is 40.4 Å². The normalized spacial score (nSPS) is 15.1. The molecule has 2 aromatic rings. The molecule has 108 valence electrons. The van der Waals surface area contributed by atoms with Gasteiger partial charge in [-0.3, -0.25) is 4.98 Å². The predicted molar refractivity (Wildman–Crippen MR) is 84.8 cm³/mol. The quantitative estimate of drug-likeness (QED) is 0.880. The molecule has 2 heterocycles. The van der Waals surface area contributed by atoms with E-state index in [1.165, 1.54) is 0 Å². The second kappa shape index (κ2) is 6.22. The molecule has 20 heavy (non-hydrogen) atoms. The Balaban J connectivity index is 2.09. The summed E-state index contributed by atoms with van der Waals surface area (Å²) < 4.78 is 15.0. The number of hydrogen-bond acceptors (Lipinski definition) is 5. The van der Waals surface area contributed by atoms with Crippen LogP contribution in [0.1, 0.15) is 38.6 Å². The van der Waals surface area contributed by atoms with E-state index < -0.39 is 11.4 Å². The van der Waals surface area contributed by atoms with Crippen molar-refractivity contribution in [2.45, 2.75) is 38.5 Å². The lowest BCUT2D eigenvalue weighted by Crippen LogP contribution is -2.40. The van der Waals surface area contributed by atoms with E-state index in [2.05, 4.69) is 14.7 Å². The van der Waals surface area contributed by atoms with Crippen LogP contribution < -0.4 is 4.72 Å². The lowest BCUT2D eigenvalue weighted by molar-refractivity contribution is 0.532. The molecule has 2 rings (SSSR count). The fraction of sp³-hybridized carbons (Fsp3) is 0.429. The second-order valence-corrected chi connectivity index (χ2v) is 8.59. The first-order valence-electron chi connectivity index (χ1n) is 6.42. The van der Waals surface area contributed by atoms with E-state index >= 15 is 0 Å². The van der Waals surface area contributed by atoms with Gasteiger partial charge in [-0.2, -0.15) is 0 Å². The van der Waals surface area contributed by atoms with E-state index in [0.717, 1.165) is 15.4 Å². The van der Waals surface area contributed by atoms with Gasteiger partial charge < -0.3 is 4.55 Å². The third-order valence-corrected chi connectivity index (χ3v) is 5.61. The topological polar surface area (TPSA) is 60.9 Å². The summed E-state index contributed by atoms with van der Waals surface area (Å²) in [5.74, 6) is 0. The first-order valence-corrected chi connectivity index (χ1v) is 8.39. The highest BCUT2D eigenvalue weighted by Gasteiger charge is 2.28. The van der Waals surface area contributed by atoms with Crippen molar-refractivity contribution in [1.82, 2.24) is 14.7 Å². The Bertz CT molecular complexity index is 551. The zero-order valence-corrected chi connectivity index (χ0v) is 13.7. The molecule has 0 fully saturated rings. The predicted octanol–water partition coefficient (Wildman–Crippen LogP) is 3.32. The SMILES string of the molecule is C[C@H](N[S+]([O-])C(C)(C)C)c1cnc(-c2cccnc2)s1. The lowest BCUT2D eigenvalue weighted by Gasteiger charge is -2.25. The monoisotopic (exact) mass is 309 g/mol. The number of nitrogens with zero attached hydrogens (tertiary/aromatic N) is 2. The van der Waals surface area contributed by atoms with Gasteiger partial charge in [-0.05, 0) is 39.8 Å². The molecule has 2 atom stereocenters. The lowest BCUT2D eigenvalue weighted by atomic mass is 10.3. The molecule has 0 aromatic carbocycles. The van der Waals surface area contributed by atoms with Crippen molar-refractivity contribution < 1.29 is 4.55 Å². The zero-order chi connectivity index (χ0) is 14.8. The van der Waals surface area contributed by atoms with Crippen LogP contribution in [0.2, 0.25) is 0 Å². The van der Waals surface area contributed by atoms with E-state index in [1.807, 2.05) is 46.0 Å². The molecular formula is C14H19N3OS2. The summed E-state index contributed by atoms with van der Waals surface area (Å²) in [6, 6.07) is 3.89. The Morgan fingerprint density at radius 3 is 2.70 bits per heavy atom. The molecule has 0 bridgehead atoms. The molecule has 4 nitrogen and oxygen atoms in total. The third-order valence-electron chi connectivity index (χ3n) is 2.70. The second-order valence-electron chi connectivity index (χ2n) is 5.53. The van der Waals surface area contributed by atoms with Crippen LogP contribution in [0, 0.1) is 0 Å². The molecule has 6 heteroatoms. The summed E-state index contributed by atoms with van der Waals surface area (Å²) in [6.45, 7) is 7.87. The molecule has 2 aromatic heterocycles. The fourth-order valence-corrected chi connectivity index (χ4v) is 3.29. The summed E-state index contributed by atoms with van der Waals surface area (Å²) in [7, 11) is 0. The van der Waals surface area contributed by atoms with E-state index in [-0.39, 0.29) is 10.8 Å². The molecule has 0 spiro atoms. The van der Waals surface area contributed by atoms with Crippen LogP contribution in [-0.4, -0.2) is 19.3 Å². The van der Waals surface area contributed by atoms with E-state index in [9.17, 15) is 4.55 Å². The van der Waals surface area contributed by atoms with Gasteiger partial charge in [0.25, 0.3) is 0 Å². The number of pyridine rings is 1. The van der Waals surface area contributed by atoms with Crippen molar-refractivity contribution in [1.29, 1.82) is 0 Å². The summed E-state index contributed by atoms with van der Waals surface area (Å²) >= 11 is 0.512. The van der Waals surface area contributed by atoms with E-state index in [0.29, 0.717) is 0 Å². The Kier molecular flexibility index (Phi) is 4.80. The fourth-order valence-electron chi connectivity index (χ4n) is 1.50. The van der Waals surface area contributed by atoms with Gasteiger partial charge in [0.2, 0.25) is 0 Å². The summed E-state index contributed by atoms with van der Waals surface area (Å²) in [5.41, 5.74) is 1.01. The van der Waals surface area contributed by atoms with Crippen molar-refractivity contribution in [3.63, 3.8) is 0 Å². The number of aromatic nitrogens is 2. The van der Waals surface area contributed by atoms with Gasteiger partial charge in [0.1, 0.15) is 9.75 Å². The van der Waals surface area contributed by atoms with Crippen LogP contribution in [0.5, 0.6) is 0 Å². The summed E-state index contributed by atoms with van der Waals surface area (Å²) in [6.07, 6.45) is 5.38. The molecule has 1 unspecified atom stereocenters. The number of thiazole rings is 1. The highest BCUT2D eigenvalue weighted by molar-refractivity contribution is 7.90. The van der Waals surface area contributed by atoms with Crippen molar-refractivity contribution in [3.8, 4) is 10.6 Å². The number of hydrogen-bond donors (Lipinski definition) is 1. The third kappa shape index (κ3) is 3.79. The minimum absolute atomic E-state index is 0.0120. The van der Waals surface area contributed by atoms with Crippen molar-refractivity contribution >= 4 is 22.7 Å². The van der Waals surface area contributed by atoms with Crippen LogP contribution in [0.4, 0.5) is 0 Å². The van der Waals surface area contributed by atoms with Gasteiger partial charge in [-0.25, -0.2) is 4.98 Å². The maximum absolute atomic E-state index is 12.1. The van der Waals surface area contributed by atoms with Gasteiger partial charge in [0.05, 0.1) is 6.04 Å². The molecule has 0 saturated heterocycles. The Morgan fingerprint density at radius 2 is 2.10 bits per heavy atom. The molecule has 0 amide bonds. The molecule has 0 aliphatic carbocycles. The van der Waals surface area contributed by atoms with Gasteiger partial charge in [-0.1, -0.05) is 0 Å². The number of rotatable bonds is 4. The standard InChI is InChI=1S/C14H19N3OS2/c1-10(17-20(18)14(2,3)4)12-9-16-13(19-12)11-6-5-7-15-8-11/h5-10,17H,1-4H3/t10-,20?/m0/s1. The maximum Gasteiger partial charge on any atom is 0.136 e. The first kappa shape index (κ1) is 15.4. The van der Waals surface area contributed by atoms with Crippen LogP contribution in [0.25, 0.3) is 10.6 Å². The molecule has 0 aliphatic heterocycles. The van der Waals surface area contributed by atoms with Crippen LogP contribution in [0.3, 0.4) is 0 Å². The highest BCUT2D eigenvalue weighted by Crippen LogP contribution is 2.29. The van der Waals surface area contributed by atoms with E-state index in [1.54, 1.807) is 23.7 Å². The smallest absolute Gasteiger partial charge is 0.136 e. The highest BCUT2D eigenvalue weighted by atomic mass is 32.2. The Labute approximate surface area is 127 Å². The summed E-state index contributed by atoms with van der Waals surface area (Å²) in [5, 5.41) is 0.934. The van der Waals surface area contributed by atoms with Crippen LogP contribution in [0.15, 0.2) is 30.7 Å². The van der Waals surface area contributed by atoms with Crippen molar-refractivity contribution in [2.75, 3.05) is 0 Å². The molecule has 0 saturated carbocycles. The van der Waals surface area contributed by atoms with Crippen molar-refractivity contribution in [3.05, 3.63) is 35.6 Å². The molecule has 0 radical (unpaired) electrons. The average Bonchev–Trinajstić information content (AvgIpc) is 2.88. The maximum atomic E-state index is 12.1. The Hall–Kier alpha value is -0.950. The zero-order valence-electron chi connectivity index (χ0n) is 12.1. The van der Waals surface area contributed by atoms with Gasteiger partial charge >= 0.3 is 0 Å². The molecular weight excluding hydrogens is 290 g/mol. The minimum atomic E-state index is -1.09. The van der Waals surface area contributed by atoms with Gasteiger partial charge in [-0.15, -0.1) is 16.1 Å². The van der Waals surface area contributed by atoms with Crippen molar-refractivity contribution in [2.24, 2.45) is 0 Å². The molecule has 0 aliphatic rings. The number of nitrogens with one attached hydrogen (secondary N) is 1. The Morgan fingerprint density at radius 1 is 1.35 bits per heavy atom. The molecule has 1 N–H and O–H groups in total. The van der Waals surface area contributed by atoms with Gasteiger partial charge in [0.15, 0.2) is 0 Å². The van der Waals surface area contributed by atoms with E-state index in [4.69, 9.17) is 0 Å². The minimum Gasteiger partial charge on any atom is -0.598 e.